The van der Waals surface area contributed by atoms with Crippen LogP contribution in [0.4, 0.5) is 15.8 Å². The zero-order valence-corrected chi connectivity index (χ0v) is 18.0. The summed E-state index contributed by atoms with van der Waals surface area (Å²) >= 11 is 13.6. The summed E-state index contributed by atoms with van der Waals surface area (Å²) in [6.45, 7) is 4.03. The van der Waals surface area contributed by atoms with E-state index in [0.29, 0.717) is 27.2 Å². The van der Waals surface area contributed by atoms with E-state index in [2.05, 4.69) is 10.2 Å². The number of carbonyl (C=O) groups excluding carboxylic acids is 1. The average Bonchev–Trinajstić information content (AvgIpc) is 2.72. The van der Waals surface area contributed by atoms with Crippen LogP contribution in [-0.4, -0.2) is 44.4 Å². The number of hydrogen-bond acceptors (Lipinski definition) is 4. The first kappa shape index (κ1) is 20.5. The molecule has 8 heteroatoms. The Morgan fingerprint density at radius 1 is 1.03 bits per heavy atom. The lowest BCUT2D eigenvalue weighted by molar-refractivity contribution is -0.114. The smallest absolute Gasteiger partial charge is 0.264 e. The molecule has 0 unspecified atom stereocenters. The molecule has 2 saturated heterocycles. The molecule has 1 amide bonds. The van der Waals surface area contributed by atoms with Gasteiger partial charge in [0.2, 0.25) is 0 Å². The van der Waals surface area contributed by atoms with Crippen LogP contribution in [0.2, 0.25) is 10.0 Å². The van der Waals surface area contributed by atoms with E-state index in [0.717, 1.165) is 43.2 Å². The minimum Gasteiger partial charge on any atom is -0.368 e. The second kappa shape index (κ2) is 8.96. The number of hydrogen-bond donors (Lipinski definition) is 1. The van der Waals surface area contributed by atoms with Crippen LogP contribution < -0.4 is 15.1 Å². The number of thioether (sulfide) groups is 1. The molecule has 0 radical (unpaired) electrons. The number of nitrogens with one attached hydrogen (secondary N) is 1. The van der Waals surface area contributed by atoms with Crippen molar-refractivity contribution in [2.45, 2.75) is 0 Å². The molecule has 4 rings (SSSR count). The molecule has 2 aliphatic rings. The number of nitrogens with zero attached hydrogens (tertiary/aromatic N) is 2. The molecule has 4 nitrogen and oxygen atoms in total. The maximum Gasteiger partial charge on any atom is 0.264 e. The van der Waals surface area contributed by atoms with Gasteiger partial charge in [-0.15, -0.1) is 11.8 Å². The van der Waals surface area contributed by atoms with Crippen molar-refractivity contribution < 1.29 is 9.18 Å². The molecule has 1 N–H and O–H groups in total. The minimum absolute atomic E-state index is 0.116. The summed E-state index contributed by atoms with van der Waals surface area (Å²) < 4.78 is 14.0. The van der Waals surface area contributed by atoms with Gasteiger partial charge < -0.3 is 15.1 Å². The molecule has 0 atom stereocenters. The van der Waals surface area contributed by atoms with Crippen LogP contribution in [0.3, 0.4) is 0 Å². The van der Waals surface area contributed by atoms with E-state index in [9.17, 15) is 9.18 Å². The summed E-state index contributed by atoms with van der Waals surface area (Å²) in [5, 5.41) is 4.18. The summed E-state index contributed by atoms with van der Waals surface area (Å²) in [4.78, 5) is 17.6. The predicted molar refractivity (Wildman–Crippen MR) is 121 cm³/mol. The van der Waals surface area contributed by atoms with E-state index in [1.165, 1.54) is 23.9 Å². The SMILES string of the molecule is O=C1C(=Cc2cc(F)ccc2N2CCNCC2)SCCN1c1ccc(Cl)c(Cl)c1. The third-order valence-electron chi connectivity index (χ3n) is 4.98. The van der Waals surface area contributed by atoms with Gasteiger partial charge in [0.05, 0.1) is 15.0 Å². The fraction of sp³-hybridized carbons (Fsp3) is 0.286. The molecule has 0 saturated carbocycles. The second-order valence-corrected chi connectivity index (χ2v) is 8.80. The summed E-state index contributed by atoms with van der Waals surface area (Å²) in [6, 6.07) is 9.93. The molecule has 2 fully saturated rings. The third-order valence-corrected chi connectivity index (χ3v) is 6.71. The van der Waals surface area contributed by atoms with Crippen LogP contribution in [0.5, 0.6) is 0 Å². The summed E-state index contributed by atoms with van der Waals surface area (Å²) in [7, 11) is 0. The first-order valence-electron chi connectivity index (χ1n) is 9.39. The predicted octanol–water partition coefficient (Wildman–Crippen LogP) is 4.66. The van der Waals surface area contributed by atoms with Crippen molar-refractivity contribution in [2.75, 3.05) is 48.3 Å². The second-order valence-electron chi connectivity index (χ2n) is 6.85. The zero-order valence-electron chi connectivity index (χ0n) is 15.6. The van der Waals surface area contributed by atoms with E-state index in [-0.39, 0.29) is 11.7 Å². The van der Waals surface area contributed by atoms with Gasteiger partial charge in [-0.05, 0) is 42.5 Å². The summed E-state index contributed by atoms with van der Waals surface area (Å²) in [5.41, 5.74) is 2.37. The van der Waals surface area contributed by atoms with Crippen LogP contribution in [0.15, 0.2) is 41.3 Å². The Morgan fingerprint density at radius 2 is 1.83 bits per heavy atom. The van der Waals surface area contributed by atoms with E-state index < -0.39 is 0 Å². The molecule has 0 bridgehead atoms. The molecule has 0 aromatic heterocycles. The van der Waals surface area contributed by atoms with E-state index in [4.69, 9.17) is 23.2 Å². The Labute approximate surface area is 183 Å². The lowest BCUT2D eigenvalue weighted by Gasteiger charge is -2.31. The minimum atomic E-state index is -0.315. The largest absolute Gasteiger partial charge is 0.368 e. The van der Waals surface area contributed by atoms with Gasteiger partial charge in [-0.1, -0.05) is 23.2 Å². The fourth-order valence-electron chi connectivity index (χ4n) is 3.52. The first-order chi connectivity index (χ1) is 14.0. The van der Waals surface area contributed by atoms with Crippen molar-refractivity contribution in [1.82, 2.24) is 5.32 Å². The van der Waals surface area contributed by atoms with Gasteiger partial charge in [0.25, 0.3) is 5.91 Å². The van der Waals surface area contributed by atoms with Gasteiger partial charge in [0.1, 0.15) is 5.82 Å². The van der Waals surface area contributed by atoms with Crippen molar-refractivity contribution in [3.63, 3.8) is 0 Å². The highest BCUT2D eigenvalue weighted by Crippen LogP contribution is 2.34. The number of amides is 1. The normalized spacial score (nSPS) is 19.1. The molecule has 152 valence electrons. The highest BCUT2D eigenvalue weighted by molar-refractivity contribution is 8.04. The number of piperazine rings is 1. The topological polar surface area (TPSA) is 35.6 Å². The molecular weight excluding hydrogens is 432 g/mol. The molecule has 29 heavy (non-hydrogen) atoms. The number of halogens is 3. The monoisotopic (exact) mass is 451 g/mol. The molecule has 2 aromatic carbocycles. The van der Waals surface area contributed by atoms with Crippen LogP contribution in [0.1, 0.15) is 5.56 Å². The van der Waals surface area contributed by atoms with E-state index in [1.807, 2.05) is 0 Å². The van der Waals surface area contributed by atoms with Gasteiger partial charge in [0.15, 0.2) is 0 Å². The van der Waals surface area contributed by atoms with E-state index >= 15 is 0 Å². The Balaban J connectivity index is 1.66. The Morgan fingerprint density at radius 3 is 2.59 bits per heavy atom. The molecule has 2 aliphatic heterocycles. The Hall–Kier alpha value is -1.73. The highest BCUT2D eigenvalue weighted by atomic mass is 35.5. The van der Waals surface area contributed by atoms with Gasteiger partial charge >= 0.3 is 0 Å². The van der Waals surface area contributed by atoms with E-state index in [1.54, 1.807) is 35.2 Å². The van der Waals surface area contributed by atoms with Crippen molar-refractivity contribution in [3.8, 4) is 0 Å². The first-order valence-corrected chi connectivity index (χ1v) is 11.1. The zero-order chi connectivity index (χ0) is 20.4. The highest BCUT2D eigenvalue weighted by Gasteiger charge is 2.26. The molecular formula is C21H20Cl2FN3OS. The summed E-state index contributed by atoms with van der Waals surface area (Å²) in [6.07, 6.45) is 1.80. The Bertz CT molecular complexity index is 963. The van der Waals surface area contributed by atoms with Crippen LogP contribution in [0.25, 0.3) is 6.08 Å². The van der Waals surface area contributed by atoms with Gasteiger partial charge in [0, 0.05) is 55.4 Å². The van der Waals surface area contributed by atoms with Crippen molar-refractivity contribution >= 4 is 58.3 Å². The van der Waals surface area contributed by atoms with Crippen molar-refractivity contribution in [2.24, 2.45) is 0 Å². The molecule has 0 spiro atoms. The number of carbonyl (C=O) groups is 1. The van der Waals surface area contributed by atoms with Gasteiger partial charge in [-0.3, -0.25) is 4.79 Å². The lowest BCUT2D eigenvalue weighted by Crippen LogP contribution is -2.43. The lowest BCUT2D eigenvalue weighted by atomic mass is 10.1. The average molecular weight is 452 g/mol. The summed E-state index contributed by atoms with van der Waals surface area (Å²) in [5.74, 6) is 0.316. The molecule has 2 heterocycles. The number of benzene rings is 2. The van der Waals surface area contributed by atoms with Crippen LogP contribution >= 0.6 is 35.0 Å². The number of anilines is 2. The third kappa shape index (κ3) is 4.56. The van der Waals surface area contributed by atoms with Crippen molar-refractivity contribution in [3.05, 3.63) is 62.7 Å². The van der Waals surface area contributed by atoms with Crippen molar-refractivity contribution in [1.29, 1.82) is 0 Å². The number of rotatable bonds is 3. The molecule has 0 aliphatic carbocycles. The Kier molecular flexibility index (Phi) is 6.35. The standard InChI is InChI=1S/C21H20Cl2FN3OS/c22-17-3-2-16(13-18(17)23)27-9-10-29-20(21(27)28)12-14-11-15(24)1-4-19(14)26-7-5-25-6-8-26/h1-4,11-13,25H,5-10H2. The van der Waals surface area contributed by atoms with Gasteiger partial charge in [-0.25, -0.2) is 4.39 Å². The van der Waals surface area contributed by atoms with Crippen LogP contribution in [-0.2, 0) is 4.79 Å². The van der Waals surface area contributed by atoms with Gasteiger partial charge in [-0.2, -0.15) is 0 Å². The van der Waals surface area contributed by atoms with Crippen LogP contribution in [0, 0.1) is 5.82 Å². The molecule has 2 aromatic rings. The maximum atomic E-state index is 14.0. The quantitative estimate of drug-likeness (QED) is 0.688. The maximum absolute atomic E-state index is 14.0. The fourth-order valence-corrected chi connectivity index (χ4v) is 4.75.